The second kappa shape index (κ2) is 2.06. The first-order chi connectivity index (χ1) is 5.84. The lowest BCUT2D eigenvalue weighted by Gasteiger charge is -1.71. The highest BCUT2D eigenvalue weighted by molar-refractivity contribution is 7.43. The van der Waals surface area contributed by atoms with Gasteiger partial charge < -0.3 is 0 Å². The largest absolute Gasteiger partial charge is 0.142 e. The van der Waals surface area contributed by atoms with E-state index in [-0.39, 0.29) is 0 Å². The molecule has 0 fully saturated rings. The van der Waals surface area contributed by atoms with Gasteiger partial charge in [-0.05, 0) is 22.9 Å². The summed E-state index contributed by atoms with van der Waals surface area (Å²) in [4.78, 5) is 0. The van der Waals surface area contributed by atoms with Crippen LogP contribution in [-0.4, -0.2) is 0 Å². The summed E-state index contributed by atoms with van der Waals surface area (Å²) in [7, 11) is 0. The molecule has 54 valence electrons. The monoisotopic (exact) mass is 198 g/mol. The van der Waals surface area contributed by atoms with Crippen molar-refractivity contribution in [3.05, 3.63) is 22.9 Å². The van der Waals surface area contributed by atoms with Crippen molar-refractivity contribution in [1.29, 1.82) is 0 Å². The van der Waals surface area contributed by atoms with Crippen molar-refractivity contribution in [2.24, 2.45) is 0 Å². The molecule has 0 nitrogen and oxygen atoms in total. The second-order valence-electron chi connectivity index (χ2n) is 2.28. The van der Waals surface area contributed by atoms with E-state index in [9.17, 15) is 0 Å². The third kappa shape index (κ3) is 0.732. The fraction of sp³-hybridized carbons (Fsp3) is 0. The average Bonchev–Trinajstić information content (AvgIpc) is 2.59. The fourth-order valence-corrected chi connectivity index (χ4v) is 4.41. The van der Waals surface area contributed by atoms with Crippen molar-refractivity contribution in [1.82, 2.24) is 0 Å². The van der Waals surface area contributed by atoms with Gasteiger partial charge in [0.1, 0.15) is 0 Å². The predicted molar refractivity (Wildman–Crippen MR) is 55.1 cm³/mol. The molecule has 0 aliphatic heterocycles. The molecular formula is C8H4S3. The molecule has 0 radical (unpaired) electrons. The maximum absolute atomic E-state index is 7.50. The molecule has 3 rings (SSSR count). The molecule has 3 aromatic heterocycles. The van der Waals surface area contributed by atoms with Crippen LogP contribution in [0.15, 0.2) is 22.9 Å². The van der Waals surface area contributed by atoms with Crippen molar-refractivity contribution in [3.63, 3.8) is 0 Å². The molecule has 3 aromatic rings. The molecule has 3 heteroatoms. The molecule has 0 N–H and O–H groups in total. The van der Waals surface area contributed by atoms with E-state index < -0.39 is 0 Å². The van der Waals surface area contributed by atoms with Crippen LogP contribution in [0.1, 0.15) is 1.37 Å². The minimum absolute atomic E-state index is 0.673. The van der Waals surface area contributed by atoms with Crippen LogP contribution in [-0.2, 0) is 0 Å². The molecule has 0 unspecified atom stereocenters. The summed E-state index contributed by atoms with van der Waals surface area (Å²) in [6.45, 7) is 0. The molecule has 0 aromatic carbocycles. The summed E-state index contributed by atoms with van der Waals surface area (Å²) in [5.74, 6) is 0. The molecule has 0 atom stereocenters. The fourth-order valence-electron chi connectivity index (χ4n) is 1.16. The van der Waals surface area contributed by atoms with Crippen LogP contribution in [0.4, 0.5) is 0 Å². The van der Waals surface area contributed by atoms with Crippen molar-refractivity contribution in [3.8, 4) is 0 Å². The number of rotatable bonds is 0. The highest BCUT2D eigenvalue weighted by Gasteiger charge is 2.05. The van der Waals surface area contributed by atoms with Crippen molar-refractivity contribution in [2.75, 3.05) is 0 Å². The van der Waals surface area contributed by atoms with Gasteiger partial charge in [0.05, 0.1) is 10.1 Å². The van der Waals surface area contributed by atoms with Gasteiger partial charge in [-0.3, -0.25) is 0 Å². The minimum Gasteiger partial charge on any atom is -0.142 e. The highest BCUT2D eigenvalue weighted by Crippen LogP contribution is 2.39. The van der Waals surface area contributed by atoms with Crippen molar-refractivity contribution < 1.29 is 1.37 Å². The first-order valence-corrected chi connectivity index (χ1v) is 5.72. The van der Waals surface area contributed by atoms with Crippen LogP contribution < -0.4 is 0 Å². The molecule has 0 spiro atoms. The zero-order valence-corrected chi connectivity index (χ0v) is 7.91. The van der Waals surface area contributed by atoms with E-state index in [1.54, 1.807) is 34.0 Å². The van der Waals surface area contributed by atoms with Gasteiger partial charge in [-0.1, -0.05) is 0 Å². The van der Waals surface area contributed by atoms with Crippen LogP contribution in [0.5, 0.6) is 0 Å². The Bertz CT molecular complexity index is 543. The van der Waals surface area contributed by atoms with Crippen molar-refractivity contribution in [2.45, 2.75) is 0 Å². The van der Waals surface area contributed by atoms with Crippen LogP contribution in [0, 0.1) is 0 Å². The van der Waals surface area contributed by atoms with Gasteiger partial charge in [0, 0.05) is 10.1 Å². The third-order valence-electron chi connectivity index (χ3n) is 1.65. The number of fused-ring (bicyclic) bond motifs is 3. The molecule has 11 heavy (non-hydrogen) atoms. The maximum atomic E-state index is 7.50. The average molecular weight is 198 g/mol. The molecule has 0 saturated carbocycles. The first kappa shape index (κ1) is 5.30. The molecule has 0 amide bonds. The zero-order chi connectivity index (χ0) is 8.13. The Balaban J connectivity index is 2.64. The lowest BCUT2D eigenvalue weighted by molar-refractivity contribution is 2.22. The van der Waals surface area contributed by atoms with E-state index in [1.807, 2.05) is 6.07 Å². The van der Waals surface area contributed by atoms with E-state index in [1.165, 1.54) is 18.8 Å². The Morgan fingerprint density at radius 1 is 1.27 bits per heavy atom. The van der Waals surface area contributed by atoms with E-state index in [0.29, 0.717) is 5.36 Å². The summed E-state index contributed by atoms with van der Waals surface area (Å²) in [6.07, 6.45) is 0. The summed E-state index contributed by atoms with van der Waals surface area (Å²) in [5.41, 5.74) is 0. The van der Waals surface area contributed by atoms with Gasteiger partial charge in [-0.15, -0.1) is 34.0 Å². The van der Waals surface area contributed by atoms with Gasteiger partial charge >= 0.3 is 0 Å². The topological polar surface area (TPSA) is 0 Å². The minimum atomic E-state index is 0.673. The third-order valence-corrected chi connectivity index (χ3v) is 4.83. The SMILES string of the molecule is [3H]c1cc2c(s1)sc1ccsc12. The summed E-state index contributed by atoms with van der Waals surface area (Å²) < 4.78 is 11.5. The Kier molecular flexibility index (Phi) is 0.993. The Labute approximate surface area is 77.1 Å². The Morgan fingerprint density at radius 3 is 3.27 bits per heavy atom. The van der Waals surface area contributed by atoms with Gasteiger partial charge in [0.25, 0.3) is 0 Å². The second-order valence-corrected chi connectivity index (χ2v) is 5.36. The zero-order valence-electron chi connectivity index (χ0n) is 6.46. The summed E-state index contributed by atoms with van der Waals surface area (Å²) >= 11 is 5.14. The highest BCUT2D eigenvalue weighted by atomic mass is 32.2. The summed E-state index contributed by atoms with van der Waals surface area (Å²) in [6, 6.07) is 4.12. The molecule has 0 bridgehead atoms. The van der Waals surface area contributed by atoms with E-state index in [0.717, 1.165) is 0 Å². The number of hydrogen-bond donors (Lipinski definition) is 0. The standard InChI is InChI=1S/C8H4S3/c1-3-10-8-5(1)7-6(11-8)2-4-9-7/h1-4H/i3T. The predicted octanol–water partition coefficient (Wildman–Crippen LogP) is 4.18. The van der Waals surface area contributed by atoms with Crippen LogP contribution in [0.2, 0.25) is 0 Å². The van der Waals surface area contributed by atoms with E-state index in [4.69, 9.17) is 1.37 Å². The maximum Gasteiger partial charge on any atom is 0.0885 e. The first-order valence-electron chi connectivity index (χ1n) is 3.71. The van der Waals surface area contributed by atoms with Crippen molar-refractivity contribution >= 4 is 52.8 Å². The van der Waals surface area contributed by atoms with Crippen LogP contribution in [0.25, 0.3) is 18.8 Å². The smallest absolute Gasteiger partial charge is 0.0885 e. The number of hydrogen-bond acceptors (Lipinski definition) is 3. The lowest BCUT2D eigenvalue weighted by Crippen LogP contribution is -1.43. The normalized spacial score (nSPS) is 12.9. The van der Waals surface area contributed by atoms with E-state index in [2.05, 4.69) is 11.4 Å². The molecule has 3 heterocycles. The van der Waals surface area contributed by atoms with Gasteiger partial charge in [0.2, 0.25) is 0 Å². The van der Waals surface area contributed by atoms with Crippen LogP contribution in [0.3, 0.4) is 0 Å². The quantitative estimate of drug-likeness (QED) is 0.508. The van der Waals surface area contributed by atoms with Crippen LogP contribution >= 0.6 is 34.0 Å². The molecule has 0 saturated heterocycles. The molecule has 0 aliphatic rings. The van der Waals surface area contributed by atoms with Gasteiger partial charge in [0.15, 0.2) is 0 Å². The van der Waals surface area contributed by atoms with E-state index >= 15 is 0 Å². The Hall–Kier alpha value is -0.380. The molecular weight excluding hydrogens is 192 g/mol. The van der Waals surface area contributed by atoms with Gasteiger partial charge in [-0.25, -0.2) is 0 Å². The van der Waals surface area contributed by atoms with Gasteiger partial charge in [-0.2, -0.15) is 0 Å². The molecule has 0 aliphatic carbocycles. The lowest BCUT2D eigenvalue weighted by atomic mass is 10.4. The number of thiophene rings is 3. The summed E-state index contributed by atoms with van der Waals surface area (Å²) in [5, 5.41) is 4.06. The Morgan fingerprint density at radius 2 is 2.27 bits per heavy atom.